The molecule has 1 unspecified atom stereocenters. The fourth-order valence-corrected chi connectivity index (χ4v) is 3.07. The minimum atomic E-state index is -3.83. The van der Waals surface area contributed by atoms with Crippen LogP contribution >= 0.6 is 0 Å². The molecule has 0 amide bonds. The topological polar surface area (TPSA) is 126 Å². The lowest BCUT2D eigenvalue weighted by molar-refractivity contribution is -0.389. The average Bonchev–Trinajstić information content (AvgIpc) is 2.47. The molecule has 0 N–H and O–H groups in total. The van der Waals surface area contributed by atoms with E-state index in [4.69, 9.17) is 10.00 Å². The molecule has 1 aliphatic heterocycles. The van der Waals surface area contributed by atoms with Crippen LogP contribution in [0.3, 0.4) is 0 Å². The molecule has 0 aliphatic carbocycles. The van der Waals surface area contributed by atoms with Gasteiger partial charge in [0.1, 0.15) is 4.90 Å². The number of sulfonamides is 1. The van der Waals surface area contributed by atoms with Gasteiger partial charge in [0, 0.05) is 12.6 Å². The SMILES string of the molecule is N#CC1CN(S(=O)(=O)c2ccc([N+](=O)[O-])nc2)CCO1. The lowest BCUT2D eigenvalue weighted by Crippen LogP contribution is -2.45. The van der Waals surface area contributed by atoms with Gasteiger partial charge in [-0.15, -0.1) is 0 Å². The highest BCUT2D eigenvalue weighted by Crippen LogP contribution is 2.19. The molecule has 1 aliphatic rings. The molecular weight excluding hydrogens is 288 g/mol. The highest BCUT2D eigenvalue weighted by atomic mass is 32.2. The first-order chi connectivity index (χ1) is 9.45. The van der Waals surface area contributed by atoms with Crippen LogP contribution in [-0.4, -0.2) is 48.4 Å². The lowest BCUT2D eigenvalue weighted by atomic mass is 10.3. The number of hydrogen-bond donors (Lipinski definition) is 0. The van der Waals surface area contributed by atoms with Gasteiger partial charge in [-0.25, -0.2) is 8.42 Å². The minimum Gasteiger partial charge on any atom is -0.361 e. The van der Waals surface area contributed by atoms with E-state index in [1.54, 1.807) is 0 Å². The summed E-state index contributed by atoms with van der Waals surface area (Å²) in [4.78, 5) is 13.1. The Kier molecular flexibility index (Phi) is 3.93. The monoisotopic (exact) mass is 298 g/mol. The molecule has 1 aromatic rings. The van der Waals surface area contributed by atoms with Crippen LogP contribution in [0.4, 0.5) is 5.82 Å². The third-order valence-corrected chi connectivity index (χ3v) is 4.57. The molecule has 0 radical (unpaired) electrons. The van der Waals surface area contributed by atoms with Gasteiger partial charge in [0.05, 0.1) is 19.2 Å². The summed E-state index contributed by atoms with van der Waals surface area (Å²) in [5, 5.41) is 19.2. The normalized spacial score (nSPS) is 20.2. The predicted octanol–water partition coefficient (Wildman–Crippen LogP) is -0.0971. The average molecular weight is 298 g/mol. The maximum atomic E-state index is 12.3. The second-order valence-electron chi connectivity index (χ2n) is 3.96. The first-order valence-electron chi connectivity index (χ1n) is 5.57. The van der Waals surface area contributed by atoms with Crippen molar-refractivity contribution in [3.8, 4) is 6.07 Å². The second-order valence-corrected chi connectivity index (χ2v) is 5.90. The predicted molar refractivity (Wildman–Crippen MR) is 65.0 cm³/mol. The van der Waals surface area contributed by atoms with Crippen molar-refractivity contribution in [2.24, 2.45) is 0 Å². The molecule has 0 saturated carbocycles. The van der Waals surface area contributed by atoms with Gasteiger partial charge >= 0.3 is 5.82 Å². The van der Waals surface area contributed by atoms with Crippen molar-refractivity contribution < 1.29 is 18.1 Å². The molecule has 0 bridgehead atoms. The number of morpholine rings is 1. The van der Waals surface area contributed by atoms with Gasteiger partial charge in [-0.3, -0.25) is 0 Å². The van der Waals surface area contributed by atoms with Crippen LogP contribution in [0.5, 0.6) is 0 Å². The number of nitro groups is 1. The van der Waals surface area contributed by atoms with Crippen LogP contribution in [0, 0.1) is 21.4 Å². The number of nitriles is 1. The van der Waals surface area contributed by atoms with Crippen molar-refractivity contribution in [3.63, 3.8) is 0 Å². The first kappa shape index (κ1) is 14.3. The van der Waals surface area contributed by atoms with Crippen LogP contribution in [0.15, 0.2) is 23.2 Å². The zero-order chi connectivity index (χ0) is 14.8. The van der Waals surface area contributed by atoms with Gasteiger partial charge < -0.3 is 14.9 Å². The van der Waals surface area contributed by atoms with Crippen molar-refractivity contribution in [2.75, 3.05) is 19.7 Å². The van der Waals surface area contributed by atoms with Gasteiger partial charge in [-0.1, -0.05) is 0 Å². The number of aromatic nitrogens is 1. The van der Waals surface area contributed by atoms with E-state index in [1.807, 2.05) is 6.07 Å². The van der Waals surface area contributed by atoms with E-state index in [0.29, 0.717) is 0 Å². The third-order valence-electron chi connectivity index (χ3n) is 2.72. The number of pyridine rings is 1. The van der Waals surface area contributed by atoms with E-state index < -0.39 is 26.9 Å². The van der Waals surface area contributed by atoms with E-state index >= 15 is 0 Å². The molecule has 2 heterocycles. The van der Waals surface area contributed by atoms with E-state index in [1.165, 1.54) is 0 Å². The first-order valence-corrected chi connectivity index (χ1v) is 7.01. The Morgan fingerprint density at radius 1 is 1.55 bits per heavy atom. The Labute approximate surface area is 114 Å². The Balaban J connectivity index is 2.26. The van der Waals surface area contributed by atoms with E-state index in [-0.39, 0.29) is 24.6 Å². The van der Waals surface area contributed by atoms with Crippen LogP contribution in [-0.2, 0) is 14.8 Å². The summed E-state index contributed by atoms with van der Waals surface area (Å²) in [7, 11) is -3.83. The van der Waals surface area contributed by atoms with E-state index in [2.05, 4.69) is 4.98 Å². The van der Waals surface area contributed by atoms with Gasteiger partial charge in [0.15, 0.2) is 12.3 Å². The van der Waals surface area contributed by atoms with Crippen LogP contribution in [0.1, 0.15) is 0 Å². The van der Waals surface area contributed by atoms with Crippen LogP contribution in [0.2, 0.25) is 0 Å². The van der Waals surface area contributed by atoms with Crippen LogP contribution in [0.25, 0.3) is 0 Å². The number of rotatable bonds is 3. The maximum Gasteiger partial charge on any atom is 0.363 e. The standard InChI is InChI=1S/C10H10N4O5S/c11-5-8-7-13(3-4-19-8)20(17,18)9-1-2-10(12-6-9)14(15)16/h1-2,6,8H,3-4,7H2. The highest BCUT2D eigenvalue weighted by Gasteiger charge is 2.31. The minimum absolute atomic E-state index is 0.0736. The lowest BCUT2D eigenvalue weighted by Gasteiger charge is -2.28. The molecule has 10 heteroatoms. The van der Waals surface area contributed by atoms with Crippen molar-refractivity contribution in [1.29, 1.82) is 5.26 Å². The third kappa shape index (κ3) is 2.74. The number of nitrogens with zero attached hydrogens (tertiary/aromatic N) is 4. The molecular formula is C10H10N4O5S. The van der Waals surface area contributed by atoms with Gasteiger partial charge in [0.2, 0.25) is 10.0 Å². The number of hydrogen-bond acceptors (Lipinski definition) is 7. The zero-order valence-electron chi connectivity index (χ0n) is 10.2. The Hall–Kier alpha value is -2.09. The van der Waals surface area contributed by atoms with E-state index in [0.717, 1.165) is 22.6 Å². The van der Waals surface area contributed by atoms with Crippen molar-refractivity contribution in [3.05, 3.63) is 28.4 Å². The largest absolute Gasteiger partial charge is 0.363 e. The summed E-state index contributed by atoms with van der Waals surface area (Å²) in [6.07, 6.45) is 0.120. The molecule has 1 aromatic heterocycles. The summed E-state index contributed by atoms with van der Waals surface area (Å²) in [5.41, 5.74) is 0. The van der Waals surface area contributed by atoms with Crippen LogP contribution < -0.4 is 0 Å². The number of ether oxygens (including phenoxy) is 1. The molecule has 1 saturated heterocycles. The zero-order valence-corrected chi connectivity index (χ0v) is 11.0. The summed E-state index contributed by atoms with van der Waals surface area (Å²) in [5.74, 6) is -0.430. The molecule has 1 atom stereocenters. The van der Waals surface area contributed by atoms with Crippen molar-refractivity contribution in [2.45, 2.75) is 11.0 Å². The highest BCUT2D eigenvalue weighted by molar-refractivity contribution is 7.89. The second kappa shape index (κ2) is 5.49. The molecule has 20 heavy (non-hydrogen) atoms. The Bertz CT molecular complexity index is 651. The molecule has 0 aromatic carbocycles. The Morgan fingerprint density at radius 2 is 2.30 bits per heavy atom. The molecule has 1 fully saturated rings. The molecule has 0 spiro atoms. The van der Waals surface area contributed by atoms with Gasteiger partial charge in [0.25, 0.3) is 0 Å². The molecule has 9 nitrogen and oxygen atoms in total. The fraction of sp³-hybridized carbons (Fsp3) is 0.400. The summed E-state index contributed by atoms with van der Waals surface area (Å²) in [6, 6.07) is 3.99. The van der Waals surface area contributed by atoms with Crippen molar-refractivity contribution in [1.82, 2.24) is 9.29 Å². The summed E-state index contributed by atoms with van der Waals surface area (Å²) < 4.78 is 30.7. The molecule has 2 rings (SSSR count). The fourth-order valence-electron chi connectivity index (χ4n) is 1.70. The quantitative estimate of drug-likeness (QED) is 0.563. The summed E-state index contributed by atoms with van der Waals surface area (Å²) >= 11 is 0. The summed E-state index contributed by atoms with van der Waals surface area (Å²) in [6.45, 7) is 0.172. The van der Waals surface area contributed by atoms with Gasteiger partial charge in [-0.2, -0.15) is 9.57 Å². The maximum absolute atomic E-state index is 12.3. The van der Waals surface area contributed by atoms with Gasteiger partial charge in [-0.05, 0) is 16.0 Å². The Morgan fingerprint density at radius 3 is 2.85 bits per heavy atom. The molecule has 106 valence electrons. The smallest absolute Gasteiger partial charge is 0.361 e. The van der Waals surface area contributed by atoms with Crippen molar-refractivity contribution >= 4 is 15.8 Å². The van der Waals surface area contributed by atoms with E-state index in [9.17, 15) is 18.5 Å².